The number of carboxylic acids is 1. The number of nitrogens with zero attached hydrogens (tertiary/aromatic N) is 1. The van der Waals surface area contributed by atoms with Crippen molar-refractivity contribution in [3.8, 4) is 17.1 Å². The van der Waals surface area contributed by atoms with Crippen molar-refractivity contribution in [1.82, 2.24) is 10.4 Å². The maximum atomic E-state index is 12.8. The van der Waals surface area contributed by atoms with E-state index in [9.17, 15) is 14.4 Å². The van der Waals surface area contributed by atoms with Crippen LogP contribution >= 0.6 is 35.6 Å². The maximum absolute atomic E-state index is 12.8. The smallest absolute Gasteiger partial charge is 0.337 e. The van der Waals surface area contributed by atoms with Crippen molar-refractivity contribution >= 4 is 63.8 Å². The second-order valence-corrected chi connectivity index (χ2v) is 8.97. The summed E-state index contributed by atoms with van der Waals surface area (Å²) in [5, 5.41) is 10.2. The Kier molecular flexibility index (Phi) is 6.73. The average Bonchev–Trinajstić information content (AvgIpc) is 3.39. The van der Waals surface area contributed by atoms with E-state index in [0.29, 0.717) is 28.4 Å². The van der Waals surface area contributed by atoms with E-state index in [4.69, 9.17) is 38.1 Å². The summed E-state index contributed by atoms with van der Waals surface area (Å²) in [5.41, 5.74) is 3.40. The van der Waals surface area contributed by atoms with Crippen LogP contribution in [0.15, 0.2) is 63.9 Å². The second-order valence-electron chi connectivity index (χ2n) is 6.89. The molecule has 0 unspecified atom stereocenters. The Bertz CT molecular complexity index is 1350. The standard InChI is InChI=1S/C23H15ClN2O6S2/c1-31-14-5-2-12(3-6-14)20(27)25-26-21(28)19(34-23(26)33)11-15-7-9-18(32-15)13-4-8-16(22(29)30)17(24)10-13/h2-11H,1H3,(H,25,27)(H,29,30)/b19-11-. The first kappa shape index (κ1) is 23.6. The van der Waals surface area contributed by atoms with Crippen LogP contribution in [0.5, 0.6) is 5.75 Å². The molecule has 172 valence electrons. The second kappa shape index (κ2) is 9.72. The summed E-state index contributed by atoms with van der Waals surface area (Å²) < 4.78 is 11.0. The lowest BCUT2D eigenvalue weighted by Crippen LogP contribution is -2.44. The van der Waals surface area contributed by atoms with E-state index in [-0.39, 0.29) is 19.8 Å². The third-order valence-corrected chi connectivity index (χ3v) is 6.36. The highest BCUT2D eigenvalue weighted by molar-refractivity contribution is 8.26. The number of thioether (sulfide) groups is 1. The van der Waals surface area contributed by atoms with E-state index in [0.717, 1.165) is 16.8 Å². The van der Waals surface area contributed by atoms with Crippen LogP contribution in [0.25, 0.3) is 17.4 Å². The van der Waals surface area contributed by atoms with Crippen molar-refractivity contribution in [2.75, 3.05) is 7.11 Å². The Morgan fingerprint density at radius 1 is 1.18 bits per heavy atom. The maximum Gasteiger partial charge on any atom is 0.337 e. The topological polar surface area (TPSA) is 109 Å². The number of hydrogen-bond donors (Lipinski definition) is 2. The number of thiocarbonyl (C=S) groups is 1. The Hall–Kier alpha value is -3.60. The minimum absolute atomic E-state index is 0.0162. The van der Waals surface area contributed by atoms with Crippen molar-refractivity contribution in [2.24, 2.45) is 0 Å². The van der Waals surface area contributed by atoms with Crippen LogP contribution in [0.1, 0.15) is 26.5 Å². The summed E-state index contributed by atoms with van der Waals surface area (Å²) in [7, 11) is 1.52. The van der Waals surface area contributed by atoms with Crippen LogP contribution in [-0.4, -0.2) is 39.3 Å². The third-order valence-electron chi connectivity index (χ3n) is 4.74. The molecule has 1 aromatic heterocycles. The summed E-state index contributed by atoms with van der Waals surface area (Å²) in [4.78, 5) is 36.7. The van der Waals surface area contributed by atoms with Crippen molar-refractivity contribution in [3.63, 3.8) is 0 Å². The first-order valence-electron chi connectivity index (χ1n) is 9.63. The summed E-state index contributed by atoms with van der Waals surface area (Å²) >= 11 is 12.3. The van der Waals surface area contributed by atoms with Gasteiger partial charge in [0.2, 0.25) is 0 Å². The molecule has 2 heterocycles. The highest BCUT2D eigenvalue weighted by atomic mass is 35.5. The fraction of sp³-hybridized carbons (Fsp3) is 0.0435. The highest BCUT2D eigenvalue weighted by Crippen LogP contribution is 2.33. The molecule has 1 saturated heterocycles. The molecule has 2 amide bonds. The molecule has 0 saturated carbocycles. The number of amides is 2. The molecule has 0 atom stereocenters. The largest absolute Gasteiger partial charge is 0.497 e. The number of hydrazine groups is 1. The summed E-state index contributed by atoms with van der Waals surface area (Å²) in [6.07, 6.45) is 1.51. The molecule has 0 radical (unpaired) electrons. The molecular weight excluding hydrogens is 500 g/mol. The zero-order chi connectivity index (χ0) is 24.4. The number of carboxylic acid groups (broad SMARTS) is 1. The van der Waals surface area contributed by atoms with E-state index in [1.54, 1.807) is 42.5 Å². The highest BCUT2D eigenvalue weighted by Gasteiger charge is 2.34. The number of aromatic carboxylic acids is 1. The molecule has 0 spiro atoms. The van der Waals surface area contributed by atoms with Gasteiger partial charge >= 0.3 is 5.97 Å². The van der Waals surface area contributed by atoms with E-state index >= 15 is 0 Å². The molecule has 1 aliphatic heterocycles. The Morgan fingerprint density at radius 3 is 2.56 bits per heavy atom. The van der Waals surface area contributed by atoms with Gasteiger partial charge in [-0.2, -0.15) is 5.01 Å². The molecule has 34 heavy (non-hydrogen) atoms. The molecular formula is C23H15ClN2O6S2. The van der Waals surface area contributed by atoms with E-state index in [1.807, 2.05) is 0 Å². The first-order valence-corrected chi connectivity index (χ1v) is 11.2. The number of hydrogen-bond acceptors (Lipinski definition) is 7. The van der Waals surface area contributed by atoms with Gasteiger partial charge in [0.15, 0.2) is 4.32 Å². The van der Waals surface area contributed by atoms with E-state index in [2.05, 4.69) is 5.43 Å². The van der Waals surface area contributed by atoms with Crippen LogP contribution in [0.3, 0.4) is 0 Å². The Labute approximate surface area is 208 Å². The normalized spacial score (nSPS) is 14.5. The Morgan fingerprint density at radius 2 is 1.91 bits per heavy atom. The molecule has 4 rings (SSSR count). The van der Waals surface area contributed by atoms with Gasteiger partial charge in [0, 0.05) is 17.2 Å². The SMILES string of the molecule is COc1ccc(C(=O)NN2C(=O)/C(=C/c3ccc(-c4ccc(C(=O)O)c(Cl)c4)o3)SC2=S)cc1. The third kappa shape index (κ3) is 4.84. The monoisotopic (exact) mass is 514 g/mol. The number of halogens is 1. The predicted octanol–water partition coefficient (Wildman–Crippen LogP) is 4.85. The average molecular weight is 515 g/mol. The number of carbonyl (C=O) groups excluding carboxylic acids is 2. The fourth-order valence-electron chi connectivity index (χ4n) is 3.03. The number of nitrogens with one attached hydrogen (secondary N) is 1. The minimum Gasteiger partial charge on any atom is -0.497 e. The van der Waals surface area contributed by atoms with Gasteiger partial charge < -0.3 is 14.3 Å². The lowest BCUT2D eigenvalue weighted by Gasteiger charge is -2.15. The molecule has 0 aliphatic carbocycles. The molecule has 1 fully saturated rings. The fourth-order valence-corrected chi connectivity index (χ4v) is 4.45. The summed E-state index contributed by atoms with van der Waals surface area (Å²) in [6, 6.07) is 14.2. The van der Waals surface area contributed by atoms with Gasteiger partial charge in [0.05, 0.1) is 22.6 Å². The van der Waals surface area contributed by atoms with Crippen molar-refractivity contribution < 1.29 is 28.6 Å². The number of ether oxygens (including phenoxy) is 1. The molecule has 8 nitrogen and oxygen atoms in total. The van der Waals surface area contributed by atoms with Gasteiger partial charge in [0.25, 0.3) is 11.8 Å². The van der Waals surface area contributed by atoms with Crippen molar-refractivity contribution in [1.29, 1.82) is 0 Å². The van der Waals surface area contributed by atoms with E-state index in [1.165, 1.54) is 25.3 Å². The van der Waals surface area contributed by atoms with E-state index < -0.39 is 17.8 Å². The molecule has 0 bridgehead atoms. The zero-order valence-electron chi connectivity index (χ0n) is 17.4. The van der Waals surface area contributed by atoms with Crippen LogP contribution in [0.4, 0.5) is 0 Å². The molecule has 11 heteroatoms. The van der Waals surface area contributed by atoms with Gasteiger partial charge in [-0.05, 0) is 60.7 Å². The van der Waals surface area contributed by atoms with Gasteiger partial charge in [-0.15, -0.1) is 0 Å². The minimum atomic E-state index is -1.13. The molecule has 2 aromatic carbocycles. The molecule has 3 aromatic rings. The lowest BCUT2D eigenvalue weighted by molar-refractivity contribution is -0.123. The number of carbonyl (C=O) groups is 3. The number of methoxy groups -OCH3 is 1. The van der Waals surface area contributed by atoms with Gasteiger partial charge in [-0.25, -0.2) is 4.79 Å². The Balaban J connectivity index is 1.49. The quantitative estimate of drug-likeness (QED) is 0.355. The summed E-state index contributed by atoms with van der Waals surface area (Å²) in [6.45, 7) is 0. The van der Waals surface area contributed by atoms with Crippen LogP contribution < -0.4 is 10.2 Å². The molecule has 2 N–H and O–H groups in total. The van der Waals surface area contributed by atoms with Gasteiger partial charge in [-0.1, -0.05) is 29.4 Å². The number of furan rings is 1. The molecule has 1 aliphatic rings. The van der Waals surface area contributed by atoms with Crippen LogP contribution in [-0.2, 0) is 4.79 Å². The first-order chi connectivity index (χ1) is 16.3. The van der Waals surface area contributed by atoms with Crippen LogP contribution in [0, 0.1) is 0 Å². The predicted molar refractivity (Wildman–Crippen MR) is 132 cm³/mol. The van der Waals surface area contributed by atoms with Crippen molar-refractivity contribution in [2.45, 2.75) is 0 Å². The number of benzene rings is 2. The van der Waals surface area contributed by atoms with Crippen molar-refractivity contribution in [3.05, 3.63) is 81.4 Å². The van der Waals surface area contributed by atoms with Gasteiger partial charge in [-0.3, -0.25) is 15.0 Å². The number of rotatable bonds is 6. The lowest BCUT2D eigenvalue weighted by atomic mass is 10.1. The summed E-state index contributed by atoms with van der Waals surface area (Å²) in [5.74, 6) is -0.713. The van der Waals surface area contributed by atoms with Gasteiger partial charge in [0.1, 0.15) is 17.3 Å². The van der Waals surface area contributed by atoms with Crippen LogP contribution in [0.2, 0.25) is 5.02 Å². The zero-order valence-corrected chi connectivity index (χ0v) is 19.8.